The van der Waals surface area contributed by atoms with Crippen molar-refractivity contribution in [2.45, 2.75) is 38.6 Å². The third-order valence-corrected chi connectivity index (χ3v) is 3.22. The van der Waals surface area contributed by atoms with Crippen molar-refractivity contribution in [3.63, 3.8) is 0 Å². The fourth-order valence-electron chi connectivity index (χ4n) is 1.99. The van der Waals surface area contributed by atoms with Crippen LogP contribution in [0.4, 0.5) is 9.18 Å². The molecule has 0 aliphatic carbocycles. The summed E-state index contributed by atoms with van der Waals surface area (Å²) in [6, 6.07) is 5.49. The Morgan fingerprint density at radius 3 is 2.43 bits per heavy atom. The van der Waals surface area contributed by atoms with Gasteiger partial charge in [0.05, 0.1) is 0 Å². The topological polar surface area (TPSA) is 78.4 Å². The number of amides is 2. The molecule has 0 radical (unpaired) electrons. The number of carboxylic acid groups (broad SMARTS) is 1. The van der Waals surface area contributed by atoms with Gasteiger partial charge in [-0.2, -0.15) is 0 Å². The van der Waals surface area contributed by atoms with Crippen LogP contribution in [0, 0.1) is 5.82 Å². The Bertz CT molecular complexity index is 490. The monoisotopic (exact) mass is 296 g/mol. The van der Waals surface area contributed by atoms with E-state index in [2.05, 4.69) is 10.6 Å². The van der Waals surface area contributed by atoms with Crippen LogP contribution in [0.1, 0.15) is 32.3 Å². The number of halogens is 1. The fourth-order valence-corrected chi connectivity index (χ4v) is 1.99. The molecule has 21 heavy (non-hydrogen) atoms. The molecule has 3 N–H and O–H groups in total. The van der Waals surface area contributed by atoms with E-state index in [9.17, 15) is 14.0 Å². The normalized spacial score (nSPS) is 13.3. The average Bonchev–Trinajstić information content (AvgIpc) is 2.41. The SMILES string of the molecule is CCCC(C)(NC(=O)NCCc1ccc(F)cc1)C(=O)O. The van der Waals surface area contributed by atoms with Crippen molar-refractivity contribution < 1.29 is 19.1 Å². The molecule has 0 aromatic heterocycles. The molecule has 1 rings (SSSR count). The van der Waals surface area contributed by atoms with Crippen molar-refractivity contribution in [3.8, 4) is 0 Å². The summed E-state index contributed by atoms with van der Waals surface area (Å²) >= 11 is 0. The molecule has 0 fully saturated rings. The number of carboxylic acids is 1. The van der Waals surface area contributed by atoms with E-state index in [4.69, 9.17) is 5.11 Å². The Labute approximate surface area is 123 Å². The van der Waals surface area contributed by atoms with Gasteiger partial charge in [0.1, 0.15) is 11.4 Å². The predicted octanol–water partition coefficient (Wildman–Crippen LogP) is 2.31. The molecule has 1 atom stereocenters. The number of benzene rings is 1. The molecule has 1 aromatic carbocycles. The van der Waals surface area contributed by atoms with Gasteiger partial charge in [0.25, 0.3) is 0 Å². The molecule has 6 heteroatoms. The molecule has 0 bridgehead atoms. The molecule has 1 unspecified atom stereocenters. The molecule has 5 nitrogen and oxygen atoms in total. The predicted molar refractivity (Wildman–Crippen MR) is 77.6 cm³/mol. The van der Waals surface area contributed by atoms with Crippen molar-refractivity contribution in [3.05, 3.63) is 35.6 Å². The van der Waals surface area contributed by atoms with Crippen LogP contribution in [-0.4, -0.2) is 29.2 Å². The Morgan fingerprint density at radius 2 is 1.90 bits per heavy atom. The van der Waals surface area contributed by atoms with Gasteiger partial charge in [-0.1, -0.05) is 25.5 Å². The van der Waals surface area contributed by atoms with E-state index in [0.29, 0.717) is 25.8 Å². The highest BCUT2D eigenvalue weighted by Crippen LogP contribution is 2.12. The van der Waals surface area contributed by atoms with Crippen LogP contribution in [-0.2, 0) is 11.2 Å². The van der Waals surface area contributed by atoms with Gasteiger partial charge in [-0.05, 0) is 37.5 Å². The summed E-state index contributed by atoms with van der Waals surface area (Å²) in [6.45, 7) is 3.69. The minimum atomic E-state index is -1.27. The first kappa shape index (κ1) is 16.9. The highest BCUT2D eigenvalue weighted by molar-refractivity contribution is 5.85. The number of carbonyl (C=O) groups is 2. The molecule has 1 aromatic rings. The third-order valence-electron chi connectivity index (χ3n) is 3.22. The molecule has 0 spiro atoms. The quantitative estimate of drug-likeness (QED) is 0.722. The Morgan fingerprint density at radius 1 is 1.29 bits per heavy atom. The van der Waals surface area contributed by atoms with E-state index in [1.807, 2.05) is 6.92 Å². The summed E-state index contributed by atoms with van der Waals surface area (Å²) in [5, 5.41) is 14.3. The average molecular weight is 296 g/mol. The minimum absolute atomic E-state index is 0.304. The third kappa shape index (κ3) is 5.41. The summed E-state index contributed by atoms with van der Waals surface area (Å²) in [5.74, 6) is -1.36. The highest BCUT2D eigenvalue weighted by Gasteiger charge is 2.33. The van der Waals surface area contributed by atoms with E-state index in [1.54, 1.807) is 12.1 Å². The van der Waals surface area contributed by atoms with Crippen LogP contribution in [0.2, 0.25) is 0 Å². The first-order valence-corrected chi connectivity index (χ1v) is 6.91. The van der Waals surface area contributed by atoms with Gasteiger partial charge in [0.2, 0.25) is 0 Å². The molecule has 0 aliphatic rings. The van der Waals surface area contributed by atoms with Gasteiger partial charge in [-0.15, -0.1) is 0 Å². The lowest BCUT2D eigenvalue weighted by molar-refractivity contribution is -0.144. The first-order chi connectivity index (χ1) is 9.87. The first-order valence-electron chi connectivity index (χ1n) is 6.91. The largest absolute Gasteiger partial charge is 0.480 e. The summed E-state index contributed by atoms with van der Waals surface area (Å²) in [6.07, 6.45) is 1.55. The number of hydrogen-bond acceptors (Lipinski definition) is 2. The molecule has 0 aliphatic heterocycles. The standard InChI is InChI=1S/C15H21FN2O3/c1-3-9-15(2,13(19)20)18-14(21)17-10-8-11-4-6-12(16)7-5-11/h4-7H,3,8-10H2,1-2H3,(H,19,20)(H2,17,18,21). The number of carbonyl (C=O) groups excluding carboxylic acids is 1. The lowest BCUT2D eigenvalue weighted by atomic mass is 9.97. The van der Waals surface area contributed by atoms with Crippen LogP contribution in [0.25, 0.3) is 0 Å². The van der Waals surface area contributed by atoms with Crippen molar-refractivity contribution in [1.29, 1.82) is 0 Å². The molecule has 116 valence electrons. The smallest absolute Gasteiger partial charge is 0.329 e. The lowest BCUT2D eigenvalue weighted by Gasteiger charge is -2.25. The summed E-state index contributed by atoms with van der Waals surface area (Å²) < 4.78 is 12.7. The van der Waals surface area contributed by atoms with Gasteiger partial charge < -0.3 is 15.7 Å². The maximum atomic E-state index is 12.7. The second kappa shape index (κ2) is 7.61. The van der Waals surface area contributed by atoms with Gasteiger partial charge >= 0.3 is 12.0 Å². The van der Waals surface area contributed by atoms with Gasteiger partial charge in [-0.25, -0.2) is 14.0 Å². The van der Waals surface area contributed by atoms with E-state index in [-0.39, 0.29) is 5.82 Å². The zero-order valence-corrected chi connectivity index (χ0v) is 12.3. The Hall–Kier alpha value is -2.11. The number of aliphatic carboxylic acids is 1. The Kier molecular flexibility index (Phi) is 6.14. The van der Waals surface area contributed by atoms with Gasteiger partial charge in [-0.3, -0.25) is 0 Å². The van der Waals surface area contributed by atoms with Crippen molar-refractivity contribution in [2.24, 2.45) is 0 Å². The minimum Gasteiger partial charge on any atom is -0.480 e. The molecule has 0 heterocycles. The summed E-state index contributed by atoms with van der Waals surface area (Å²) in [7, 11) is 0. The van der Waals surface area contributed by atoms with Crippen LogP contribution in [0.15, 0.2) is 24.3 Å². The van der Waals surface area contributed by atoms with E-state index >= 15 is 0 Å². The number of rotatable bonds is 7. The summed E-state index contributed by atoms with van der Waals surface area (Å²) in [4.78, 5) is 22.9. The Balaban J connectivity index is 2.43. The molecule has 0 saturated heterocycles. The number of hydrogen-bond donors (Lipinski definition) is 3. The van der Waals surface area contributed by atoms with Crippen LogP contribution in [0.5, 0.6) is 0 Å². The van der Waals surface area contributed by atoms with Crippen LogP contribution in [0.3, 0.4) is 0 Å². The van der Waals surface area contributed by atoms with Crippen molar-refractivity contribution >= 4 is 12.0 Å². The second-order valence-corrected chi connectivity index (χ2v) is 5.14. The van der Waals surface area contributed by atoms with E-state index in [0.717, 1.165) is 5.56 Å². The molecular weight excluding hydrogens is 275 g/mol. The summed E-state index contributed by atoms with van der Waals surface area (Å²) in [5.41, 5.74) is -0.374. The van der Waals surface area contributed by atoms with Crippen molar-refractivity contribution in [2.75, 3.05) is 6.54 Å². The van der Waals surface area contributed by atoms with Crippen LogP contribution >= 0.6 is 0 Å². The van der Waals surface area contributed by atoms with Gasteiger partial charge in [0, 0.05) is 6.54 Å². The molecule has 0 saturated carbocycles. The van der Waals surface area contributed by atoms with Gasteiger partial charge in [0.15, 0.2) is 0 Å². The van der Waals surface area contributed by atoms with Crippen molar-refractivity contribution in [1.82, 2.24) is 10.6 Å². The lowest BCUT2D eigenvalue weighted by Crippen LogP contribution is -2.55. The molecular formula is C15H21FN2O3. The highest BCUT2D eigenvalue weighted by atomic mass is 19.1. The fraction of sp³-hybridized carbons (Fsp3) is 0.467. The van der Waals surface area contributed by atoms with Crippen LogP contribution < -0.4 is 10.6 Å². The number of nitrogens with one attached hydrogen (secondary N) is 2. The van der Waals surface area contributed by atoms with E-state index in [1.165, 1.54) is 19.1 Å². The van der Waals surface area contributed by atoms with E-state index < -0.39 is 17.5 Å². The zero-order valence-electron chi connectivity index (χ0n) is 12.3. The maximum Gasteiger partial charge on any atom is 0.329 e. The maximum absolute atomic E-state index is 12.7. The number of urea groups is 1. The zero-order chi connectivity index (χ0) is 15.9. The molecule has 2 amide bonds. The second-order valence-electron chi connectivity index (χ2n) is 5.14.